The van der Waals surface area contributed by atoms with Gasteiger partial charge in [-0.25, -0.2) is 12.7 Å². The normalized spacial score (nSPS) is 18.7. The molecule has 0 aromatic heterocycles. The number of sulfonamides is 1. The van der Waals surface area contributed by atoms with Gasteiger partial charge in [-0.15, -0.1) is 0 Å². The van der Waals surface area contributed by atoms with Gasteiger partial charge in [0.1, 0.15) is 0 Å². The lowest BCUT2D eigenvalue weighted by molar-refractivity contribution is 0.0380. The average Bonchev–Trinajstić information content (AvgIpc) is 2.48. The van der Waals surface area contributed by atoms with Crippen LogP contribution in [0, 0.1) is 0 Å². The molecule has 0 spiro atoms. The quantitative estimate of drug-likeness (QED) is 0.844. The summed E-state index contributed by atoms with van der Waals surface area (Å²) in [5.41, 5.74) is 0.406. The van der Waals surface area contributed by atoms with Crippen LogP contribution < -0.4 is 5.32 Å². The number of ether oxygens (including phenoxy) is 1. The maximum Gasteiger partial charge on any atom is 0.242 e. The summed E-state index contributed by atoms with van der Waals surface area (Å²) in [6.07, 6.45) is 1.45. The van der Waals surface area contributed by atoms with Crippen molar-refractivity contribution in [3.05, 3.63) is 24.3 Å². The Morgan fingerprint density at radius 1 is 1.24 bits per heavy atom. The fourth-order valence-electron chi connectivity index (χ4n) is 2.31. The van der Waals surface area contributed by atoms with E-state index >= 15 is 0 Å². The molecule has 1 aliphatic heterocycles. The molecule has 2 rings (SSSR count). The Morgan fingerprint density at radius 3 is 2.29 bits per heavy atom. The molecular formula is C14H22N2O4S. The van der Waals surface area contributed by atoms with E-state index < -0.39 is 10.0 Å². The van der Waals surface area contributed by atoms with Crippen molar-refractivity contribution in [1.82, 2.24) is 4.31 Å². The third kappa shape index (κ3) is 3.55. The summed E-state index contributed by atoms with van der Waals surface area (Å²) in [5, 5.41) is 13.0. The largest absolute Gasteiger partial charge is 0.394 e. The summed E-state index contributed by atoms with van der Waals surface area (Å²) in [7, 11) is -0.403. The van der Waals surface area contributed by atoms with E-state index in [2.05, 4.69) is 5.32 Å². The summed E-state index contributed by atoms with van der Waals surface area (Å²) < 4.78 is 30.5. The molecule has 0 unspecified atom stereocenters. The topological polar surface area (TPSA) is 78.9 Å². The molecule has 1 aromatic carbocycles. The van der Waals surface area contributed by atoms with Crippen LogP contribution >= 0.6 is 0 Å². The minimum absolute atomic E-state index is 0.0219. The Kier molecular flexibility index (Phi) is 4.88. The van der Waals surface area contributed by atoms with Crippen molar-refractivity contribution in [2.24, 2.45) is 0 Å². The first kappa shape index (κ1) is 16.2. The molecule has 21 heavy (non-hydrogen) atoms. The number of aliphatic hydroxyl groups is 1. The van der Waals surface area contributed by atoms with E-state index in [0.717, 1.165) is 18.5 Å². The standard InChI is InChI=1S/C14H22N2O4S/c1-16(2)21(18,19)13-5-3-12(4-6-13)15-14(11-17)7-9-20-10-8-14/h3-6,15,17H,7-11H2,1-2H3. The Hall–Kier alpha value is -1.15. The van der Waals surface area contributed by atoms with E-state index in [9.17, 15) is 13.5 Å². The SMILES string of the molecule is CN(C)S(=O)(=O)c1ccc(NC2(CO)CCOCC2)cc1. The first-order valence-electron chi connectivity index (χ1n) is 6.89. The number of benzene rings is 1. The maximum atomic E-state index is 12.0. The van der Waals surface area contributed by atoms with Crippen LogP contribution in [0.1, 0.15) is 12.8 Å². The van der Waals surface area contributed by atoms with Gasteiger partial charge in [0.2, 0.25) is 10.0 Å². The van der Waals surface area contributed by atoms with Crippen molar-refractivity contribution in [2.45, 2.75) is 23.3 Å². The lowest BCUT2D eigenvalue weighted by Gasteiger charge is -2.37. The lowest BCUT2D eigenvalue weighted by atomic mass is 9.90. The predicted octanol–water partition coefficient (Wildman–Crippen LogP) is 0.890. The fourth-order valence-corrected chi connectivity index (χ4v) is 3.21. The monoisotopic (exact) mass is 314 g/mol. The zero-order valence-electron chi connectivity index (χ0n) is 12.4. The van der Waals surface area contributed by atoms with Crippen molar-refractivity contribution in [2.75, 3.05) is 39.2 Å². The first-order valence-corrected chi connectivity index (χ1v) is 8.33. The van der Waals surface area contributed by atoms with E-state index in [1.807, 2.05) is 0 Å². The molecule has 0 saturated carbocycles. The van der Waals surface area contributed by atoms with Crippen LogP contribution in [0.25, 0.3) is 0 Å². The summed E-state index contributed by atoms with van der Waals surface area (Å²) >= 11 is 0. The van der Waals surface area contributed by atoms with Crippen molar-refractivity contribution < 1.29 is 18.3 Å². The Balaban J connectivity index is 2.16. The average molecular weight is 314 g/mol. The molecule has 0 radical (unpaired) electrons. The molecular weight excluding hydrogens is 292 g/mol. The number of anilines is 1. The van der Waals surface area contributed by atoms with Crippen LogP contribution in [0.15, 0.2) is 29.2 Å². The molecule has 1 aromatic rings. The number of hydrogen-bond acceptors (Lipinski definition) is 5. The zero-order valence-corrected chi connectivity index (χ0v) is 13.2. The van der Waals surface area contributed by atoms with E-state index in [4.69, 9.17) is 4.74 Å². The number of nitrogens with one attached hydrogen (secondary N) is 1. The van der Waals surface area contributed by atoms with Crippen LogP contribution in [-0.2, 0) is 14.8 Å². The van der Waals surface area contributed by atoms with Gasteiger partial charge < -0.3 is 15.2 Å². The Morgan fingerprint density at radius 2 is 1.81 bits per heavy atom. The van der Waals surface area contributed by atoms with Crippen LogP contribution in [0.2, 0.25) is 0 Å². The van der Waals surface area contributed by atoms with E-state index in [-0.39, 0.29) is 17.0 Å². The van der Waals surface area contributed by atoms with Crippen molar-refractivity contribution in [3.63, 3.8) is 0 Å². The molecule has 1 aliphatic rings. The highest BCUT2D eigenvalue weighted by Gasteiger charge is 2.31. The van der Waals surface area contributed by atoms with Crippen LogP contribution in [0.5, 0.6) is 0 Å². The molecule has 6 nitrogen and oxygen atoms in total. The number of hydrogen-bond donors (Lipinski definition) is 2. The first-order chi connectivity index (χ1) is 9.89. The van der Waals surface area contributed by atoms with Gasteiger partial charge >= 0.3 is 0 Å². The molecule has 1 heterocycles. The molecule has 1 fully saturated rings. The van der Waals surface area contributed by atoms with Crippen LogP contribution in [-0.4, -0.2) is 57.3 Å². The third-order valence-corrected chi connectivity index (χ3v) is 5.62. The van der Waals surface area contributed by atoms with Crippen molar-refractivity contribution in [3.8, 4) is 0 Å². The van der Waals surface area contributed by atoms with Gasteiger partial charge in [0.05, 0.1) is 17.0 Å². The molecule has 0 amide bonds. The van der Waals surface area contributed by atoms with Gasteiger partial charge in [0.15, 0.2) is 0 Å². The number of nitrogens with zero attached hydrogens (tertiary/aromatic N) is 1. The Bertz CT molecular complexity index is 563. The summed E-state index contributed by atoms with van der Waals surface area (Å²) in [4.78, 5) is 0.253. The molecule has 7 heteroatoms. The van der Waals surface area contributed by atoms with Crippen molar-refractivity contribution >= 4 is 15.7 Å². The van der Waals surface area contributed by atoms with Crippen molar-refractivity contribution in [1.29, 1.82) is 0 Å². The van der Waals surface area contributed by atoms with E-state index in [1.54, 1.807) is 24.3 Å². The minimum Gasteiger partial charge on any atom is -0.394 e. The highest BCUT2D eigenvalue weighted by molar-refractivity contribution is 7.89. The number of rotatable bonds is 5. The van der Waals surface area contributed by atoms with Crippen LogP contribution in [0.4, 0.5) is 5.69 Å². The number of aliphatic hydroxyl groups excluding tert-OH is 1. The van der Waals surface area contributed by atoms with Gasteiger partial charge in [0, 0.05) is 33.0 Å². The fraction of sp³-hybridized carbons (Fsp3) is 0.571. The lowest BCUT2D eigenvalue weighted by Crippen LogP contribution is -2.46. The second-order valence-electron chi connectivity index (χ2n) is 5.49. The highest BCUT2D eigenvalue weighted by atomic mass is 32.2. The van der Waals surface area contributed by atoms with Crippen LogP contribution in [0.3, 0.4) is 0 Å². The van der Waals surface area contributed by atoms with E-state index in [0.29, 0.717) is 13.2 Å². The van der Waals surface area contributed by atoms with Gasteiger partial charge in [-0.2, -0.15) is 0 Å². The molecule has 1 saturated heterocycles. The summed E-state index contributed by atoms with van der Waals surface area (Å²) in [5.74, 6) is 0. The Labute approximate surface area is 125 Å². The maximum absolute atomic E-state index is 12.0. The summed E-state index contributed by atoms with van der Waals surface area (Å²) in [6.45, 7) is 1.25. The smallest absolute Gasteiger partial charge is 0.242 e. The third-order valence-electron chi connectivity index (χ3n) is 3.79. The minimum atomic E-state index is -3.41. The van der Waals surface area contributed by atoms with Gasteiger partial charge in [-0.3, -0.25) is 0 Å². The second kappa shape index (κ2) is 6.31. The van der Waals surface area contributed by atoms with E-state index in [1.165, 1.54) is 18.4 Å². The van der Waals surface area contributed by atoms with Gasteiger partial charge in [-0.1, -0.05) is 0 Å². The molecule has 0 bridgehead atoms. The zero-order chi connectivity index (χ0) is 15.5. The predicted molar refractivity (Wildman–Crippen MR) is 80.8 cm³/mol. The molecule has 2 N–H and O–H groups in total. The van der Waals surface area contributed by atoms with Gasteiger partial charge in [-0.05, 0) is 37.1 Å². The van der Waals surface area contributed by atoms with Gasteiger partial charge in [0.25, 0.3) is 0 Å². The molecule has 0 atom stereocenters. The molecule has 118 valence electrons. The highest BCUT2D eigenvalue weighted by Crippen LogP contribution is 2.26. The summed E-state index contributed by atoms with van der Waals surface area (Å²) in [6, 6.07) is 6.59. The second-order valence-corrected chi connectivity index (χ2v) is 7.64. The molecule has 0 aliphatic carbocycles.